The number of anilines is 1. The molecule has 31 heavy (non-hydrogen) atoms. The van der Waals surface area contributed by atoms with E-state index >= 15 is 0 Å². The SMILES string of the molecule is CN(c1ccc(OC(=O)c2ccc(Cl)c([N+](=O)[O-])c2)cc1)S(=O)(=O)c1ccccc1F. The summed E-state index contributed by atoms with van der Waals surface area (Å²) >= 11 is 5.72. The number of hydrogen-bond acceptors (Lipinski definition) is 6. The van der Waals surface area contributed by atoms with E-state index in [1.54, 1.807) is 0 Å². The Labute approximate surface area is 181 Å². The van der Waals surface area contributed by atoms with Crippen molar-refractivity contribution in [1.82, 2.24) is 0 Å². The van der Waals surface area contributed by atoms with Crippen LogP contribution in [0.1, 0.15) is 10.4 Å². The van der Waals surface area contributed by atoms with Crippen molar-refractivity contribution in [3.05, 3.63) is 93.2 Å². The van der Waals surface area contributed by atoms with Gasteiger partial charge < -0.3 is 4.74 Å². The van der Waals surface area contributed by atoms with Crippen LogP contribution in [-0.4, -0.2) is 26.4 Å². The Morgan fingerprint density at radius 2 is 1.74 bits per heavy atom. The summed E-state index contributed by atoms with van der Waals surface area (Å²) in [4.78, 5) is 22.0. The third kappa shape index (κ3) is 4.65. The van der Waals surface area contributed by atoms with Crippen LogP contribution in [0.2, 0.25) is 5.02 Å². The largest absolute Gasteiger partial charge is 0.423 e. The van der Waals surface area contributed by atoms with Gasteiger partial charge in [0.2, 0.25) is 0 Å². The molecule has 0 radical (unpaired) electrons. The Kier molecular flexibility index (Phi) is 6.23. The van der Waals surface area contributed by atoms with E-state index in [0.717, 1.165) is 22.5 Å². The summed E-state index contributed by atoms with van der Waals surface area (Å²) < 4.78 is 45.3. The summed E-state index contributed by atoms with van der Waals surface area (Å²) in [6.45, 7) is 0. The number of nitro groups is 1. The molecule has 0 bridgehead atoms. The van der Waals surface area contributed by atoms with Gasteiger partial charge in [-0.25, -0.2) is 17.6 Å². The van der Waals surface area contributed by atoms with E-state index < -0.39 is 37.3 Å². The molecular weight excluding hydrogens is 451 g/mol. The lowest BCUT2D eigenvalue weighted by Crippen LogP contribution is -2.27. The van der Waals surface area contributed by atoms with Crippen molar-refractivity contribution >= 4 is 39.0 Å². The Balaban J connectivity index is 1.79. The molecule has 0 amide bonds. The predicted octanol–water partition coefficient (Wildman–Crippen LogP) is 4.43. The Morgan fingerprint density at radius 1 is 1.10 bits per heavy atom. The second kappa shape index (κ2) is 8.70. The van der Waals surface area contributed by atoms with Crippen LogP contribution >= 0.6 is 11.6 Å². The predicted molar refractivity (Wildman–Crippen MR) is 111 cm³/mol. The van der Waals surface area contributed by atoms with Gasteiger partial charge in [0, 0.05) is 13.1 Å². The number of carbonyl (C=O) groups excluding carboxylic acids is 1. The van der Waals surface area contributed by atoms with E-state index in [-0.39, 0.29) is 22.0 Å². The number of rotatable bonds is 6. The number of esters is 1. The smallest absolute Gasteiger partial charge is 0.343 e. The molecule has 0 spiro atoms. The standard InChI is InChI=1S/C20H14ClFN2O6S/c1-23(31(28,29)19-5-3-2-4-17(19)22)14-7-9-15(10-8-14)30-20(25)13-6-11-16(21)18(12-13)24(26)27/h2-12H,1H3. The average Bonchev–Trinajstić information content (AvgIpc) is 2.74. The minimum absolute atomic E-state index is 0.0723. The normalized spacial score (nSPS) is 11.1. The number of halogens is 2. The molecule has 0 aliphatic carbocycles. The van der Waals surface area contributed by atoms with Gasteiger partial charge in [0.25, 0.3) is 15.7 Å². The van der Waals surface area contributed by atoms with Gasteiger partial charge in [-0.3, -0.25) is 14.4 Å². The highest BCUT2D eigenvalue weighted by molar-refractivity contribution is 7.92. The van der Waals surface area contributed by atoms with Crippen LogP contribution in [0.5, 0.6) is 5.75 Å². The summed E-state index contributed by atoms with van der Waals surface area (Å²) in [5.41, 5.74) is -0.323. The molecule has 8 nitrogen and oxygen atoms in total. The Morgan fingerprint density at radius 3 is 2.35 bits per heavy atom. The zero-order valence-corrected chi connectivity index (χ0v) is 17.4. The van der Waals surface area contributed by atoms with Gasteiger partial charge in [-0.2, -0.15) is 0 Å². The van der Waals surface area contributed by atoms with Crippen LogP contribution < -0.4 is 9.04 Å². The van der Waals surface area contributed by atoms with E-state index in [9.17, 15) is 27.7 Å². The highest BCUT2D eigenvalue weighted by Gasteiger charge is 2.24. The zero-order chi connectivity index (χ0) is 22.8. The third-order valence-corrected chi connectivity index (χ3v) is 6.40. The number of benzene rings is 3. The van der Waals surface area contributed by atoms with Crippen LogP contribution in [0.3, 0.4) is 0 Å². The molecule has 0 aliphatic rings. The fourth-order valence-electron chi connectivity index (χ4n) is 2.61. The van der Waals surface area contributed by atoms with E-state index in [2.05, 4.69) is 0 Å². The first kappa shape index (κ1) is 22.2. The molecule has 0 N–H and O–H groups in total. The molecule has 11 heteroatoms. The maximum Gasteiger partial charge on any atom is 0.343 e. The van der Waals surface area contributed by atoms with E-state index in [4.69, 9.17) is 16.3 Å². The molecule has 0 fully saturated rings. The fourth-order valence-corrected chi connectivity index (χ4v) is 4.06. The molecule has 160 valence electrons. The van der Waals surface area contributed by atoms with Crippen molar-refractivity contribution in [1.29, 1.82) is 0 Å². The van der Waals surface area contributed by atoms with Crippen molar-refractivity contribution in [2.75, 3.05) is 11.4 Å². The molecular formula is C20H14ClFN2O6S. The molecule has 3 aromatic carbocycles. The first-order valence-corrected chi connectivity index (χ1v) is 10.4. The number of hydrogen-bond donors (Lipinski definition) is 0. The van der Waals surface area contributed by atoms with Crippen molar-refractivity contribution in [3.8, 4) is 5.75 Å². The summed E-state index contributed by atoms with van der Waals surface area (Å²) in [5, 5.41) is 10.8. The molecule has 0 aliphatic heterocycles. The highest BCUT2D eigenvalue weighted by Crippen LogP contribution is 2.28. The lowest BCUT2D eigenvalue weighted by Gasteiger charge is -2.20. The monoisotopic (exact) mass is 464 g/mol. The summed E-state index contributed by atoms with van der Waals surface area (Å²) in [7, 11) is -2.88. The number of sulfonamides is 1. The molecule has 0 heterocycles. The lowest BCUT2D eigenvalue weighted by atomic mass is 10.2. The van der Waals surface area contributed by atoms with Crippen LogP contribution in [0.25, 0.3) is 0 Å². The molecule has 0 aromatic heterocycles. The fraction of sp³-hybridized carbons (Fsp3) is 0.0500. The van der Waals surface area contributed by atoms with Crippen LogP contribution in [0, 0.1) is 15.9 Å². The summed E-state index contributed by atoms with van der Waals surface area (Å²) in [6.07, 6.45) is 0. The van der Waals surface area contributed by atoms with Crippen molar-refractivity contribution < 1.29 is 27.3 Å². The number of ether oxygens (including phenoxy) is 1. The van der Waals surface area contributed by atoms with Gasteiger partial charge in [0.05, 0.1) is 16.2 Å². The molecule has 3 rings (SSSR count). The second-order valence-corrected chi connectivity index (χ2v) is 8.55. The Bertz CT molecular complexity index is 1260. The lowest BCUT2D eigenvalue weighted by molar-refractivity contribution is -0.384. The molecule has 0 atom stereocenters. The molecule has 0 unspecified atom stereocenters. The zero-order valence-electron chi connectivity index (χ0n) is 15.9. The maximum absolute atomic E-state index is 13.9. The number of carbonyl (C=O) groups is 1. The molecule has 3 aromatic rings. The van der Waals surface area contributed by atoms with Gasteiger partial charge in [-0.05, 0) is 48.5 Å². The van der Waals surface area contributed by atoms with Gasteiger partial charge in [-0.1, -0.05) is 23.7 Å². The maximum atomic E-state index is 13.9. The first-order chi connectivity index (χ1) is 14.6. The minimum Gasteiger partial charge on any atom is -0.423 e. The van der Waals surface area contributed by atoms with Crippen molar-refractivity contribution in [3.63, 3.8) is 0 Å². The van der Waals surface area contributed by atoms with Crippen LogP contribution in [0.15, 0.2) is 71.6 Å². The van der Waals surface area contributed by atoms with E-state index in [0.29, 0.717) is 0 Å². The molecule has 0 saturated carbocycles. The van der Waals surface area contributed by atoms with Gasteiger partial charge in [0.1, 0.15) is 21.5 Å². The first-order valence-electron chi connectivity index (χ1n) is 8.61. The van der Waals surface area contributed by atoms with Crippen LogP contribution in [-0.2, 0) is 10.0 Å². The topological polar surface area (TPSA) is 107 Å². The quantitative estimate of drug-likeness (QED) is 0.231. The second-order valence-electron chi connectivity index (χ2n) is 6.21. The highest BCUT2D eigenvalue weighted by atomic mass is 35.5. The van der Waals surface area contributed by atoms with Gasteiger partial charge in [0.15, 0.2) is 0 Å². The van der Waals surface area contributed by atoms with Crippen molar-refractivity contribution in [2.45, 2.75) is 4.90 Å². The summed E-state index contributed by atoms with van der Waals surface area (Å²) in [6, 6.07) is 13.9. The number of nitrogens with zero attached hydrogens (tertiary/aromatic N) is 2. The van der Waals surface area contributed by atoms with Gasteiger partial charge >= 0.3 is 5.97 Å². The average molecular weight is 465 g/mol. The van der Waals surface area contributed by atoms with Gasteiger partial charge in [-0.15, -0.1) is 0 Å². The van der Waals surface area contributed by atoms with Crippen LogP contribution in [0.4, 0.5) is 15.8 Å². The summed E-state index contributed by atoms with van der Waals surface area (Å²) in [5.74, 6) is -1.67. The van der Waals surface area contributed by atoms with E-state index in [1.165, 1.54) is 55.6 Å². The van der Waals surface area contributed by atoms with E-state index in [1.807, 2.05) is 0 Å². The number of nitro benzene ring substituents is 1. The third-order valence-electron chi connectivity index (χ3n) is 4.26. The Hall–Kier alpha value is -3.50. The molecule has 0 saturated heterocycles. The van der Waals surface area contributed by atoms with Crippen molar-refractivity contribution in [2.24, 2.45) is 0 Å². The minimum atomic E-state index is -4.14.